The van der Waals surface area contributed by atoms with Crippen molar-refractivity contribution in [3.63, 3.8) is 0 Å². The van der Waals surface area contributed by atoms with Gasteiger partial charge in [-0.3, -0.25) is 4.79 Å². The van der Waals surface area contributed by atoms with Crippen LogP contribution in [0, 0.1) is 0 Å². The molecule has 6 heteroatoms. The normalized spacial score (nSPS) is 14.6. The standard InChI is InChI=1S/C15H19N5O/c16-14-15(19-12-6-2-1-5-11(12)18-14)17-8-7-13(21)20-9-3-4-10-20/h1-2,5-6H,3-4,7-10H2,(H2,16,18)(H,17,19). The summed E-state index contributed by atoms with van der Waals surface area (Å²) in [6.07, 6.45) is 2.68. The predicted molar refractivity (Wildman–Crippen MR) is 82.9 cm³/mol. The zero-order chi connectivity index (χ0) is 14.7. The molecule has 2 aromatic rings. The number of anilines is 2. The fourth-order valence-corrected chi connectivity index (χ4v) is 2.56. The molecular weight excluding hydrogens is 266 g/mol. The molecule has 1 aliphatic rings. The predicted octanol–water partition coefficient (Wildman–Crippen LogP) is 1.64. The number of fused-ring (bicyclic) bond motifs is 1. The Balaban J connectivity index is 1.62. The minimum Gasteiger partial charge on any atom is -0.381 e. The number of nitrogens with one attached hydrogen (secondary N) is 1. The Morgan fingerprint density at radius 1 is 1.19 bits per heavy atom. The SMILES string of the molecule is Nc1nc2ccccc2nc1NCCC(=O)N1CCCC1. The first-order valence-corrected chi connectivity index (χ1v) is 7.28. The van der Waals surface area contributed by atoms with Crippen LogP contribution in [0.2, 0.25) is 0 Å². The second-order valence-corrected chi connectivity index (χ2v) is 5.21. The smallest absolute Gasteiger partial charge is 0.224 e. The second kappa shape index (κ2) is 5.95. The first kappa shape index (κ1) is 13.6. The highest BCUT2D eigenvalue weighted by molar-refractivity contribution is 5.80. The Kier molecular flexibility index (Phi) is 3.85. The number of carbonyl (C=O) groups is 1. The summed E-state index contributed by atoms with van der Waals surface area (Å²) < 4.78 is 0. The average molecular weight is 285 g/mol. The fraction of sp³-hybridized carbons (Fsp3) is 0.400. The van der Waals surface area contributed by atoms with Crippen LogP contribution in [0.5, 0.6) is 0 Å². The van der Waals surface area contributed by atoms with Gasteiger partial charge in [0.25, 0.3) is 0 Å². The van der Waals surface area contributed by atoms with Gasteiger partial charge in [0, 0.05) is 26.1 Å². The van der Waals surface area contributed by atoms with Crippen molar-refractivity contribution in [2.45, 2.75) is 19.3 Å². The summed E-state index contributed by atoms with van der Waals surface area (Å²) in [5.74, 6) is 1.09. The maximum atomic E-state index is 12.0. The Labute approximate surface area is 123 Å². The molecule has 1 saturated heterocycles. The number of hydrogen-bond acceptors (Lipinski definition) is 5. The summed E-state index contributed by atoms with van der Waals surface area (Å²) in [5, 5.41) is 3.11. The molecule has 0 atom stereocenters. The van der Waals surface area contributed by atoms with Gasteiger partial charge in [0.05, 0.1) is 11.0 Å². The van der Waals surface area contributed by atoms with Crippen LogP contribution < -0.4 is 11.1 Å². The molecule has 1 amide bonds. The third-order valence-electron chi connectivity index (χ3n) is 3.69. The van der Waals surface area contributed by atoms with Gasteiger partial charge in [0.2, 0.25) is 5.91 Å². The summed E-state index contributed by atoms with van der Waals surface area (Å²) in [6, 6.07) is 7.58. The molecule has 0 aliphatic carbocycles. The Morgan fingerprint density at radius 2 is 1.86 bits per heavy atom. The van der Waals surface area contributed by atoms with Crippen molar-refractivity contribution in [1.29, 1.82) is 0 Å². The van der Waals surface area contributed by atoms with Crippen molar-refractivity contribution in [3.05, 3.63) is 24.3 Å². The van der Waals surface area contributed by atoms with E-state index < -0.39 is 0 Å². The molecule has 0 radical (unpaired) electrons. The molecule has 110 valence electrons. The average Bonchev–Trinajstić information content (AvgIpc) is 3.02. The van der Waals surface area contributed by atoms with Gasteiger partial charge in [-0.15, -0.1) is 0 Å². The number of rotatable bonds is 4. The largest absolute Gasteiger partial charge is 0.381 e. The van der Waals surface area contributed by atoms with Crippen LogP contribution in [0.1, 0.15) is 19.3 Å². The maximum absolute atomic E-state index is 12.0. The van der Waals surface area contributed by atoms with Crippen molar-refractivity contribution < 1.29 is 4.79 Å². The molecule has 1 aromatic heterocycles. The molecule has 0 unspecified atom stereocenters. The molecule has 1 aliphatic heterocycles. The Morgan fingerprint density at radius 3 is 2.57 bits per heavy atom. The van der Waals surface area contributed by atoms with Crippen LogP contribution in [-0.2, 0) is 4.79 Å². The van der Waals surface area contributed by atoms with E-state index in [0.717, 1.165) is 37.0 Å². The van der Waals surface area contributed by atoms with Gasteiger partial charge in [-0.25, -0.2) is 9.97 Å². The van der Waals surface area contributed by atoms with Crippen LogP contribution >= 0.6 is 0 Å². The topological polar surface area (TPSA) is 84.1 Å². The van der Waals surface area contributed by atoms with E-state index in [2.05, 4.69) is 15.3 Å². The summed E-state index contributed by atoms with van der Waals surface area (Å²) in [5.41, 5.74) is 7.46. The third kappa shape index (κ3) is 3.04. The molecule has 6 nitrogen and oxygen atoms in total. The lowest BCUT2D eigenvalue weighted by molar-refractivity contribution is -0.129. The Bertz CT molecular complexity index is 652. The summed E-state index contributed by atoms with van der Waals surface area (Å²) in [6.45, 7) is 2.29. The first-order valence-electron chi connectivity index (χ1n) is 7.28. The van der Waals surface area contributed by atoms with E-state index in [-0.39, 0.29) is 5.91 Å². The van der Waals surface area contributed by atoms with Gasteiger partial charge in [-0.1, -0.05) is 12.1 Å². The highest BCUT2D eigenvalue weighted by Crippen LogP contribution is 2.18. The van der Waals surface area contributed by atoms with Crippen LogP contribution in [0.25, 0.3) is 11.0 Å². The lowest BCUT2D eigenvalue weighted by Gasteiger charge is -2.15. The quantitative estimate of drug-likeness (QED) is 0.892. The minimum absolute atomic E-state index is 0.187. The maximum Gasteiger partial charge on any atom is 0.224 e. The monoisotopic (exact) mass is 285 g/mol. The lowest BCUT2D eigenvalue weighted by atomic mass is 10.3. The molecule has 0 spiro atoms. The lowest BCUT2D eigenvalue weighted by Crippen LogP contribution is -2.29. The van der Waals surface area contributed by atoms with E-state index in [1.807, 2.05) is 29.2 Å². The number of benzene rings is 1. The molecule has 3 rings (SSSR count). The zero-order valence-electron chi connectivity index (χ0n) is 11.9. The van der Waals surface area contributed by atoms with Crippen LogP contribution in [0.4, 0.5) is 11.6 Å². The highest BCUT2D eigenvalue weighted by atomic mass is 16.2. The van der Waals surface area contributed by atoms with Gasteiger partial charge in [-0.05, 0) is 25.0 Å². The van der Waals surface area contributed by atoms with E-state index >= 15 is 0 Å². The zero-order valence-corrected chi connectivity index (χ0v) is 11.9. The Hall–Kier alpha value is -2.37. The fourth-order valence-electron chi connectivity index (χ4n) is 2.56. The van der Waals surface area contributed by atoms with E-state index in [4.69, 9.17) is 5.73 Å². The van der Waals surface area contributed by atoms with Gasteiger partial charge >= 0.3 is 0 Å². The van der Waals surface area contributed by atoms with Crippen molar-refractivity contribution in [1.82, 2.24) is 14.9 Å². The van der Waals surface area contributed by atoms with Crippen LogP contribution in [-0.4, -0.2) is 40.4 Å². The number of nitrogens with two attached hydrogens (primary N) is 1. The van der Waals surface area contributed by atoms with Crippen molar-refractivity contribution in [2.24, 2.45) is 0 Å². The number of nitrogens with zero attached hydrogens (tertiary/aromatic N) is 3. The van der Waals surface area contributed by atoms with Crippen molar-refractivity contribution in [3.8, 4) is 0 Å². The first-order chi connectivity index (χ1) is 10.2. The molecule has 21 heavy (non-hydrogen) atoms. The van der Waals surface area contributed by atoms with Crippen molar-refractivity contribution in [2.75, 3.05) is 30.7 Å². The van der Waals surface area contributed by atoms with E-state index in [9.17, 15) is 4.79 Å². The van der Waals surface area contributed by atoms with E-state index in [1.54, 1.807) is 0 Å². The summed E-state index contributed by atoms with van der Waals surface area (Å²) >= 11 is 0. The molecule has 1 aromatic carbocycles. The van der Waals surface area contributed by atoms with Gasteiger partial charge in [-0.2, -0.15) is 0 Å². The van der Waals surface area contributed by atoms with Gasteiger partial charge in [0.1, 0.15) is 0 Å². The number of carbonyl (C=O) groups excluding carboxylic acids is 1. The highest BCUT2D eigenvalue weighted by Gasteiger charge is 2.17. The van der Waals surface area contributed by atoms with Crippen LogP contribution in [0.3, 0.4) is 0 Å². The van der Waals surface area contributed by atoms with Gasteiger partial charge in [0.15, 0.2) is 11.6 Å². The molecule has 3 N–H and O–H groups in total. The van der Waals surface area contributed by atoms with E-state index in [1.165, 1.54) is 0 Å². The molecule has 1 fully saturated rings. The van der Waals surface area contributed by atoms with Crippen molar-refractivity contribution >= 4 is 28.6 Å². The summed E-state index contributed by atoms with van der Waals surface area (Å²) in [4.78, 5) is 22.6. The molecule has 0 saturated carbocycles. The molecule has 2 heterocycles. The number of amides is 1. The number of aromatic nitrogens is 2. The van der Waals surface area contributed by atoms with Gasteiger partial charge < -0.3 is 16.0 Å². The minimum atomic E-state index is 0.187. The third-order valence-corrected chi connectivity index (χ3v) is 3.69. The number of hydrogen-bond donors (Lipinski definition) is 2. The molecular formula is C15H19N5O. The number of nitrogen functional groups attached to an aromatic ring is 1. The number of para-hydroxylation sites is 2. The summed E-state index contributed by atoms with van der Waals surface area (Å²) in [7, 11) is 0. The molecule has 0 bridgehead atoms. The van der Waals surface area contributed by atoms with Crippen LogP contribution in [0.15, 0.2) is 24.3 Å². The van der Waals surface area contributed by atoms with E-state index in [0.29, 0.717) is 24.6 Å². The second-order valence-electron chi connectivity index (χ2n) is 5.21. The number of likely N-dealkylation sites (tertiary alicyclic amines) is 1.